The Morgan fingerprint density at radius 2 is 1.64 bits per heavy atom. The molecule has 0 saturated carbocycles. The molecule has 0 spiro atoms. The molecule has 0 aromatic rings. The van der Waals surface area contributed by atoms with Gasteiger partial charge in [0, 0.05) is 9.52 Å². The second-order valence-electron chi connectivity index (χ2n) is 5.29. The van der Waals surface area contributed by atoms with E-state index in [9.17, 15) is 0 Å². The number of fused-ring (bicyclic) bond motifs is 2. The van der Waals surface area contributed by atoms with Gasteiger partial charge in [-0.25, -0.2) is 0 Å². The summed E-state index contributed by atoms with van der Waals surface area (Å²) >= 11 is 0. The highest BCUT2D eigenvalue weighted by molar-refractivity contribution is 6.62. The highest BCUT2D eigenvalue weighted by atomic mass is 28.2. The molecule has 78 valence electrons. The van der Waals surface area contributed by atoms with Crippen molar-refractivity contribution in [1.82, 2.24) is 0 Å². The molecule has 0 amide bonds. The van der Waals surface area contributed by atoms with Gasteiger partial charge in [-0.1, -0.05) is 75.5 Å². The number of hydrogen-bond donors (Lipinski definition) is 0. The molecule has 0 atom stereocenters. The van der Waals surface area contributed by atoms with Gasteiger partial charge in [-0.05, 0) is 0 Å². The number of rotatable bonds is 4. The summed E-state index contributed by atoms with van der Waals surface area (Å²) in [5.41, 5.74) is 0. The summed E-state index contributed by atoms with van der Waals surface area (Å²) in [6.45, 7) is 3.50. The quantitative estimate of drug-likeness (QED) is 0.478. The van der Waals surface area contributed by atoms with Crippen LogP contribution in [0, 0.1) is 0 Å². The lowest BCUT2D eigenvalue weighted by Crippen LogP contribution is -2.34. The topological polar surface area (TPSA) is 0 Å². The molecule has 2 fully saturated rings. The van der Waals surface area contributed by atoms with Gasteiger partial charge in [0.15, 0.2) is 0 Å². The Bertz CT molecular complexity index is 150. The average Bonchev–Trinajstić information content (AvgIpc) is 2.17. The molecule has 0 unspecified atom stereocenters. The smallest absolute Gasteiger partial charge is 0.0740 e. The summed E-state index contributed by atoms with van der Waals surface area (Å²) in [6, 6.07) is 1.50. The molecule has 0 aromatic carbocycles. The first-order valence-corrected chi connectivity index (χ1v) is 8.27. The molecule has 2 aliphatic heterocycles. The van der Waals surface area contributed by atoms with Gasteiger partial charge in [-0.2, -0.15) is 0 Å². The van der Waals surface area contributed by atoms with E-state index in [0.29, 0.717) is 0 Å². The highest BCUT2D eigenvalue weighted by Gasteiger charge is 2.37. The molecule has 14 heavy (non-hydrogen) atoms. The summed E-state index contributed by atoms with van der Waals surface area (Å²) in [5.74, 6) is 2.28. The number of hydrogen-bond acceptors (Lipinski definition) is 0. The van der Waals surface area contributed by atoms with Crippen molar-refractivity contribution in [3.63, 3.8) is 0 Å². The summed E-state index contributed by atoms with van der Waals surface area (Å²) in [4.78, 5) is 0. The second kappa shape index (κ2) is 5.39. The van der Waals surface area contributed by atoms with Crippen LogP contribution in [-0.2, 0) is 0 Å². The van der Waals surface area contributed by atoms with Crippen LogP contribution in [0.5, 0.6) is 0 Å². The Morgan fingerprint density at radius 1 is 1.07 bits per heavy atom. The molecule has 2 bridgehead atoms. The van der Waals surface area contributed by atoms with E-state index in [-0.39, 0.29) is 0 Å². The van der Waals surface area contributed by atoms with Crippen LogP contribution in [0.2, 0.25) is 30.5 Å². The largest absolute Gasteiger partial charge is 0.146 e. The minimum Gasteiger partial charge on any atom is -0.0740 e. The van der Waals surface area contributed by atoms with Crippen LogP contribution < -0.4 is 0 Å². The van der Waals surface area contributed by atoms with Crippen molar-refractivity contribution in [3.8, 4) is 0 Å². The zero-order valence-corrected chi connectivity index (χ0v) is 10.6. The molecule has 2 aliphatic rings. The van der Waals surface area contributed by atoms with E-state index in [4.69, 9.17) is 0 Å². The van der Waals surface area contributed by atoms with Crippen LogP contribution in [-0.4, -0.2) is 16.2 Å². The van der Waals surface area contributed by atoms with Crippen LogP contribution in [0.1, 0.15) is 44.9 Å². The summed E-state index contributed by atoms with van der Waals surface area (Å²) in [7, 11) is 1.18. The second-order valence-corrected chi connectivity index (χ2v) is 6.50. The molecular weight excluding hydrogens is 183 g/mol. The van der Waals surface area contributed by atoms with E-state index in [1.54, 1.807) is 44.8 Å². The summed E-state index contributed by atoms with van der Waals surface area (Å²) < 4.78 is 0. The Labute approximate surface area is 92.1 Å². The van der Waals surface area contributed by atoms with E-state index in [2.05, 4.69) is 6.55 Å². The van der Waals surface area contributed by atoms with Crippen LogP contribution in [0.25, 0.3) is 0 Å². The monoisotopic (exact) mass is 206 g/mol. The molecule has 2 heterocycles. The Balaban J connectivity index is 1.82. The van der Waals surface area contributed by atoms with Gasteiger partial charge >= 0.3 is 0 Å². The van der Waals surface area contributed by atoms with E-state index < -0.39 is 0 Å². The predicted octanol–water partition coefficient (Wildman–Crippen LogP) is 4.15. The SMILES string of the molecule is C[Si]CCCB1C2CCCC1CCC2. The molecule has 2 radical (unpaired) electrons. The first kappa shape index (κ1) is 10.8. The van der Waals surface area contributed by atoms with Crippen LogP contribution in [0.3, 0.4) is 0 Å². The van der Waals surface area contributed by atoms with Crippen LogP contribution >= 0.6 is 0 Å². The van der Waals surface area contributed by atoms with E-state index in [0.717, 1.165) is 18.3 Å². The minimum absolute atomic E-state index is 1.14. The van der Waals surface area contributed by atoms with Gasteiger partial charge in [-0.3, -0.25) is 0 Å². The lowest BCUT2D eigenvalue weighted by molar-refractivity contribution is 0.441. The maximum Gasteiger partial charge on any atom is 0.146 e. The molecule has 0 aliphatic carbocycles. The fourth-order valence-corrected chi connectivity index (χ4v) is 4.36. The molecule has 2 heteroatoms. The van der Waals surface area contributed by atoms with Gasteiger partial charge in [-0.15, -0.1) is 0 Å². The maximum absolute atomic E-state index is 2.35. The van der Waals surface area contributed by atoms with E-state index in [1.165, 1.54) is 22.0 Å². The average molecular weight is 206 g/mol. The first-order valence-electron chi connectivity index (χ1n) is 6.56. The first-order chi connectivity index (χ1) is 6.92. The molecule has 0 aromatic heterocycles. The van der Waals surface area contributed by atoms with Crippen molar-refractivity contribution >= 4 is 16.2 Å². The molecule has 0 nitrogen and oxygen atoms in total. The minimum atomic E-state index is 1.14. The fourth-order valence-electron chi connectivity index (χ4n) is 3.80. The maximum atomic E-state index is 2.35. The summed E-state index contributed by atoms with van der Waals surface area (Å²) in [5, 5.41) is 0. The molecule has 2 rings (SSSR count). The zero-order chi connectivity index (χ0) is 9.80. The van der Waals surface area contributed by atoms with E-state index in [1.807, 2.05) is 0 Å². The van der Waals surface area contributed by atoms with Crippen LogP contribution in [0.4, 0.5) is 0 Å². The normalized spacial score (nSPS) is 31.9. The molecule has 0 N–H and O–H groups in total. The van der Waals surface area contributed by atoms with Crippen molar-refractivity contribution < 1.29 is 0 Å². The Hall–Kier alpha value is 0.282. The highest BCUT2D eigenvalue weighted by Crippen LogP contribution is 2.48. The van der Waals surface area contributed by atoms with Gasteiger partial charge in [0.25, 0.3) is 0 Å². The Kier molecular flexibility index (Phi) is 4.15. The Morgan fingerprint density at radius 3 is 2.14 bits per heavy atom. The van der Waals surface area contributed by atoms with Crippen molar-refractivity contribution in [2.24, 2.45) is 0 Å². The third-order valence-electron chi connectivity index (χ3n) is 4.47. The van der Waals surface area contributed by atoms with Gasteiger partial charge in [0.05, 0.1) is 0 Å². The molecular formula is C12H23BSi. The van der Waals surface area contributed by atoms with Crippen molar-refractivity contribution in [2.75, 3.05) is 0 Å². The molecule has 2 saturated heterocycles. The third kappa shape index (κ3) is 2.45. The fraction of sp³-hybridized carbons (Fsp3) is 1.00. The standard InChI is InChI=1S/C12H23BSi/c1-14-10-4-9-13-11-5-2-6-12(13)8-3-7-11/h11-12H,2-10H2,1H3. The zero-order valence-electron chi connectivity index (χ0n) is 9.60. The van der Waals surface area contributed by atoms with Crippen molar-refractivity contribution in [1.29, 1.82) is 0 Å². The lowest BCUT2D eigenvalue weighted by Gasteiger charge is -2.40. The van der Waals surface area contributed by atoms with Crippen LogP contribution in [0.15, 0.2) is 0 Å². The third-order valence-corrected chi connectivity index (χ3v) is 5.33. The van der Waals surface area contributed by atoms with Gasteiger partial charge in [0.2, 0.25) is 0 Å². The predicted molar refractivity (Wildman–Crippen MR) is 66.8 cm³/mol. The van der Waals surface area contributed by atoms with E-state index >= 15 is 0 Å². The lowest BCUT2D eigenvalue weighted by atomic mass is 9.26. The van der Waals surface area contributed by atoms with Crippen molar-refractivity contribution in [3.05, 3.63) is 0 Å². The van der Waals surface area contributed by atoms with Gasteiger partial charge < -0.3 is 0 Å². The van der Waals surface area contributed by atoms with Gasteiger partial charge in [0.1, 0.15) is 6.71 Å². The van der Waals surface area contributed by atoms with Crippen molar-refractivity contribution in [2.45, 2.75) is 75.5 Å². The summed E-state index contributed by atoms with van der Waals surface area (Å²) in [6.07, 6.45) is 12.4.